The van der Waals surface area contributed by atoms with Crippen molar-refractivity contribution >= 4 is 11.7 Å². The zero-order chi connectivity index (χ0) is 19.7. The van der Waals surface area contributed by atoms with Crippen molar-refractivity contribution in [3.63, 3.8) is 0 Å². The van der Waals surface area contributed by atoms with Gasteiger partial charge in [-0.05, 0) is 62.1 Å². The highest BCUT2D eigenvalue weighted by Crippen LogP contribution is 2.30. The summed E-state index contributed by atoms with van der Waals surface area (Å²) in [6.45, 7) is 4.16. The fourth-order valence-electron chi connectivity index (χ4n) is 3.50. The fraction of sp³-hybridized carbons (Fsp3) is 0.286. The van der Waals surface area contributed by atoms with E-state index < -0.39 is 17.3 Å². The van der Waals surface area contributed by atoms with E-state index in [4.69, 9.17) is 9.63 Å². The summed E-state index contributed by atoms with van der Waals surface area (Å²) in [4.78, 5) is 17.7. The maximum Gasteiger partial charge on any atom is 0.338 e. The number of nitrogens with zero attached hydrogens (tertiary/aromatic N) is 3. The average Bonchev–Trinajstić information content (AvgIpc) is 3.19. The molecule has 1 saturated heterocycles. The predicted octanol–water partition coefficient (Wildman–Crippen LogP) is 4.54. The summed E-state index contributed by atoms with van der Waals surface area (Å²) in [6, 6.07) is 9.77. The minimum absolute atomic E-state index is 0.214. The second kappa shape index (κ2) is 7.42. The highest BCUT2D eigenvalue weighted by Gasteiger charge is 2.18. The lowest BCUT2D eigenvalue weighted by molar-refractivity contribution is 0.0692. The molecular weight excluding hydrogens is 361 g/mol. The van der Waals surface area contributed by atoms with E-state index in [0.717, 1.165) is 30.4 Å². The zero-order valence-corrected chi connectivity index (χ0v) is 15.5. The van der Waals surface area contributed by atoms with E-state index in [9.17, 15) is 9.18 Å². The Balaban J connectivity index is 1.64. The van der Waals surface area contributed by atoms with E-state index >= 15 is 0 Å². The molecule has 0 bridgehead atoms. The molecule has 7 heteroatoms. The first-order valence-corrected chi connectivity index (χ1v) is 9.26. The van der Waals surface area contributed by atoms with Crippen molar-refractivity contribution in [2.75, 3.05) is 18.0 Å². The standard InChI is InChI=1S/C21H20FN3O3/c1-13-5-6-15(12-18(13)25-9-3-2-4-10-25)20-23-19(24-28-20)14-7-8-16(21(26)27)17(22)11-14/h5-8,11-12H,2-4,9-10H2,1H3,(H,26,27). The number of benzene rings is 2. The third-order valence-corrected chi connectivity index (χ3v) is 5.04. The van der Waals surface area contributed by atoms with Crippen LogP contribution in [0.5, 0.6) is 0 Å². The quantitative estimate of drug-likeness (QED) is 0.715. The second-order valence-corrected chi connectivity index (χ2v) is 6.97. The molecule has 144 valence electrons. The first-order chi connectivity index (χ1) is 13.5. The number of carboxylic acids is 1. The number of aromatic nitrogens is 2. The number of carbonyl (C=O) groups is 1. The lowest BCUT2D eigenvalue weighted by atomic mass is 10.1. The van der Waals surface area contributed by atoms with Gasteiger partial charge >= 0.3 is 5.97 Å². The summed E-state index contributed by atoms with van der Waals surface area (Å²) in [7, 11) is 0. The molecule has 0 spiro atoms. The van der Waals surface area contributed by atoms with Crippen molar-refractivity contribution in [3.8, 4) is 22.8 Å². The van der Waals surface area contributed by atoms with Crippen LogP contribution in [0.2, 0.25) is 0 Å². The Kier molecular flexibility index (Phi) is 4.81. The van der Waals surface area contributed by atoms with Crippen LogP contribution in [0.15, 0.2) is 40.9 Å². The van der Waals surface area contributed by atoms with Crippen molar-refractivity contribution < 1.29 is 18.8 Å². The zero-order valence-electron chi connectivity index (χ0n) is 15.5. The van der Waals surface area contributed by atoms with E-state index in [1.165, 1.54) is 37.0 Å². The molecular formula is C21H20FN3O3. The van der Waals surface area contributed by atoms with Gasteiger partial charge in [-0.15, -0.1) is 0 Å². The topological polar surface area (TPSA) is 79.5 Å². The smallest absolute Gasteiger partial charge is 0.338 e. The maximum absolute atomic E-state index is 13.9. The largest absolute Gasteiger partial charge is 0.478 e. The van der Waals surface area contributed by atoms with Crippen LogP contribution in [0.3, 0.4) is 0 Å². The highest BCUT2D eigenvalue weighted by molar-refractivity contribution is 5.88. The normalized spacial score (nSPS) is 14.3. The molecule has 0 saturated carbocycles. The number of rotatable bonds is 4. The summed E-state index contributed by atoms with van der Waals surface area (Å²) in [5.41, 5.74) is 3.12. The summed E-state index contributed by atoms with van der Waals surface area (Å²) in [5, 5.41) is 12.9. The van der Waals surface area contributed by atoms with Gasteiger partial charge in [0.2, 0.25) is 5.82 Å². The van der Waals surface area contributed by atoms with Crippen molar-refractivity contribution in [1.29, 1.82) is 0 Å². The summed E-state index contributed by atoms with van der Waals surface area (Å²) in [5.74, 6) is -1.59. The molecule has 0 radical (unpaired) electrons. The molecule has 0 unspecified atom stereocenters. The lowest BCUT2D eigenvalue weighted by Gasteiger charge is -2.30. The number of piperidine rings is 1. The van der Waals surface area contributed by atoms with Crippen molar-refractivity contribution in [3.05, 3.63) is 53.3 Å². The first-order valence-electron chi connectivity index (χ1n) is 9.26. The first kappa shape index (κ1) is 18.2. The van der Waals surface area contributed by atoms with Crippen LogP contribution in [0, 0.1) is 12.7 Å². The Morgan fingerprint density at radius 3 is 2.57 bits per heavy atom. The van der Waals surface area contributed by atoms with Gasteiger partial charge in [0.05, 0.1) is 5.56 Å². The van der Waals surface area contributed by atoms with E-state index in [2.05, 4.69) is 22.0 Å². The molecule has 0 amide bonds. The Bertz CT molecular complexity index is 1030. The third-order valence-electron chi connectivity index (χ3n) is 5.04. The predicted molar refractivity (Wildman–Crippen MR) is 103 cm³/mol. The number of aryl methyl sites for hydroxylation is 1. The lowest BCUT2D eigenvalue weighted by Crippen LogP contribution is -2.29. The van der Waals surface area contributed by atoms with Crippen LogP contribution in [0.1, 0.15) is 35.2 Å². The highest BCUT2D eigenvalue weighted by atomic mass is 19.1. The van der Waals surface area contributed by atoms with E-state index in [1.807, 2.05) is 18.2 Å². The molecule has 2 heterocycles. The molecule has 1 aliphatic heterocycles. The molecule has 1 fully saturated rings. The Hall–Kier alpha value is -3.22. The van der Waals surface area contributed by atoms with Gasteiger partial charge in [-0.2, -0.15) is 4.98 Å². The minimum Gasteiger partial charge on any atom is -0.478 e. The average molecular weight is 381 g/mol. The van der Waals surface area contributed by atoms with Crippen molar-refractivity contribution in [2.45, 2.75) is 26.2 Å². The van der Waals surface area contributed by atoms with Gasteiger partial charge in [-0.1, -0.05) is 11.2 Å². The fourth-order valence-corrected chi connectivity index (χ4v) is 3.50. The van der Waals surface area contributed by atoms with Gasteiger partial charge < -0.3 is 14.5 Å². The molecule has 3 aromatic rings. The Labute approximate surface area is 161 Å². The molecule has 0 atom stereocenters. The molecule has 1 aromatic heterocycles. The number of carboxylic acid groups (broad SMARTS) is 1. The minimum atomic E-state index is -1.32. The van der Waals surface area contributed by atoms with Crippen LogP contribution in [0.4, 0.5) is 10.1 Å². The van der Waals surface area contributed by atoms with Crippen molar-refractivity contribution in [1.82, 2.24) is 10.1 Å². The van der Waals surface area contributed by atoms with Crippen LogP contribution in [-0.2, 0) is 0 Å². The van der Waals surface area contributed by atoms with Gasteiger partial charge in [-0.3, -0.25) is 0 Å². The molecule has 0 aliphatic carbocycles. The molecule has 4 rings (SSSR count). The summed E-state index contributed by atoms with van der Waals surface area (Å²) < 4.78 is 19.3. The van der Waals surface area contributed by atoms with Crippen LogP contribution < -0.4 is 4.90 Å². The van der Waals surface area contributed by atoms with Crippen LogP contribution in [-0.4, -0.2) is 34.3 Å². The van der Waals surface area contributed by atoms with Gasteiger partial charge in [0.1, 0.15) is 5.82 Å². The second-order valence-electron chi connectivity index (χ2n) is 6.97. The van der Waals surface area contributed by atoms with Gasteiger partial charge in [0.25, 0.3) is 5.89 Å². The molecule has 1 aliphatic rings. The molecule has 1 N–H and O–H groups in total. The maximum atomic E-state index is 13.9. The summed E-state index contributed by atoms with van der Waals surface area (Å²) >= 11 is 0. The van der Waals surface area contributed by atoms with Crippen molar-refractivity contribution in [2.24, 2.45) is 0 Å². The molecule has 28 heavy (non-hydrogen) atoms. The number of anilines is 1. The number of hydrogen-bond acceptors (Lipinski definition) is 5. The monoisotopic (exact) mass is 381 g/mol. The summed E-state index contributed by atoms with van der Waals surface area (Å²) in [6.07, 6.45) is 3.64. The third kappa shape index (κ3) is 3.47. The molecule has 2 aromatic carbocycles. The SMILES string of the molecule is Cc1ccc(-c2nc(-c3ccc(C(=O)O)c(F)c3)no2)cc1N1CCCCC1. The van der Waals surface area contributed by atoms with E-state index in [1.54, 1.807) is 0 Å². The van der Waals surface area contributed by atoms with E-state index in [-0.39, 0.29) is 5.82 Å². The van der Waals surface area contributed by atoms with Gasteiger partial charge in [0.15, 0.2) is 0 Å². The van der Waals surface area contributed by atoms with Crippen LogP contribution >= 0.6 is 0 Å². The van der Waals surface area contributed by atoms with Crippen LogP contribution in [0.25, 0.3) is 22.8 Å². The Morgan fingerprint density at radius 1 is 1.11 bits per heavy atom. The number of hydrogen-bond donors (Lipinski definition) is 1. The van der Waals surface area contributed by atoms with E-state index in [0.29, 0.717) is 11.5 Å². The number of halogens is 1. The number of aromatic carboxylic acids is 1. The van der Waals surface area contributed by atoms with Gasteiger partial charge in [-0.25, -0.2) is 9.18 Å². The van der Waals surface area contributed by atoms with Gasteiger partial charge in [0, 0.05) is 29.9 Å². The molecule has 6 nitrogen and oxygen atoms in total. The Morgan fingerprint density at radius 2 is 1.86 bits per heavy atom.